The quantitative estimate of drug-likeness (QED) is 0.871. The third-order valence-corrected chi connectivity index (χ3v) is 3.03. The topological polar surface area (TPSA) is 55.9 Å². The fourth-order valence-corrected chi connectivity index (χ4v) is 2.02. The molecular formula is C14H19FN4. The monoisotopic (exact) mass is 262 g/mol. The number of benzene rings is 1. The zero-order valence-corrected chi connectivity index (χ0v) is 11.2. The number of imidazole rings is 1. The summed E-state index contributed by atoms with van der Waals surface area (Å²) in [6, 6.07) is 6.53. The first-order valence-corrected chi connectivity index (χ1v) is 6.35. The van der Waals surface area contributed by atoms with Crippen molar-refractivity contribution in [2.75, 3.05) is 11.9 Å². The molecule has 0 spiro atoms. The standard InChI is InChI=1S/C14H19FN4/c1-10(2)19-9-17-8-14(19)13(7-16)18-12-5-3-11(15)4-6-12/h3-6,8-10,13,18H,7,16H2,1-2H3. The van der Waals surface area contributed by atoms with E-state index in [1.807, 2.05) is 6.20 Å². The minimum Gasteiger partial charge on any atom is -0.375 e. The van der Waals surface area contributed by atoms with Gasteiger partial charge in [-0.1, -0.05) is 0 Å². The zero-order chi connectivity index (χ0) is 13.8. The van der Waals surface area contributed by atoms with Crippen LogP contribution in [0.15, 0.2) is 36.8 Å². The Labute approximate surface area is 112 Å². The Bertz CT molecular complexity index is 518. The molecule has 3 N–H and O–H groups in total. The number of aromatic nitrogens is 2. The first kappa shape index (κ1) is 13.5. The van der Waals surface area contributed by atoms with Gasteiger partial charge in [-0.2, -0.15) is 0 Å². The van der Waals surface area contributed by atoms with Crippen LogP contribution in [0.3, 0.4) is 0 Å². The van der Waals surface area contributed by atoms with Gasteiger partial charge in [0.2, 0.25) is 0 Å². The van der Waals surface area contributed by atoms with Gasteiger partial charge >= 0.3 is 0 Å². The molecule has 1 heterocycles. The van der Waals surface area contributed by atoms with Gasteiger partial charge in [-0.05, 0) is 38.1 Å². The molecule has 5 heteroatoms. The minimum atomic E-state index is -0.248. The lowest BCUT2D eigenvalue weighted by Crippen LogP contribution is -2.23. The van der Waals surface area contributed by atoms with Crippen LogP contribution in [0.25, 0.3) is 0 Å². The maximum absolute atomic E-state index is 12.9. The number of nitrogens with two attached hydrogens (primary N) is 1. The number of nitrogens with zero attached hydrogens (tertiary/aromatic N) is 2. The summed E-state index contributed by atoms with van der Waals surface area (Å²) in [5.41, 5.74) is 7.70. The van der Waals surface area contributed by atoms with Crippen molar-refractivity contribution in [3.63, 3.8) is 0 Å². The van der Waals surface area contributed by atoms with Gasteiger partial charge < -0.3 is 15.6 Å². The average molecular weight is 262 g/mol. The molecule has 0 saturated carbocycles. The highest BCUT2D eigenvalue weighted by Crippen LogP contribution is 2.21. The van der Waals surface area contributed by atoms with E-state index in [2.05, 4.69) is 28.7 Å². The van der Waals surface area contributed by atoms with Gasteiger partial charge in [-0.3, -0.25) is 0 Å². The van der Waals surface area contributed by atoms with Gasteiger partial charge in [-0.15, -0.1) is 0 Å². The van der Waals surface area contributed by atoms with Crippen LogP contribution in [0.4, 0.5) is 10.1 Å². The normalized spacial score (nSPS) is 12.7. The van der Waals surface area contributed by atoms with Crippen molar-refractivity contribution in [1.82, 2.24) is 9.55 Å². The summed E-state index contributed by atoms with van der Waals surface area (Å²) in [7, 11) is 0. The number of hydrogen-bond donors (Lipinski definition) is 2. The third kappa shape index (κ3) is 3.12. The van der Waals surface area contributed by atoms with Crippen LogP contribution in [-0.2, 0) is 0 Å². The first-order valence-electron chi connectivity index (χ1n) is 6.35. The van der Waals surface area contributed by atoms with Gasteiger partial charge in [0.25, 0.3) is 0 Å². The third-order valence-electron chi connectivity index (χ3n) is 3.03. The Morgan fingerprint density at radius 2 is 2.00 bits per heavy atom. The van der Waals surface area contributed by atoms with Crippen LogP contribution in [-0.4, -0.2) is 16.1 Å². The van der Waals surface area contributed by atoms with Crippen LogP contribution in [0, 0.1) is 5.82 Å². The Balaban J connectivity index is 2.20. The van der Waals surface area contributed by atoms with Crippen LogP contribution < -0.4 is 11.1 Å². The van der Waals surface area contributed by atoms with Crippen molar-refractivity contribution in [2.45, 2.75) is 25.9 Å². The molecule has 0 aliphatic carbocycles. The van der Waals surface area contributed by atoms with Gasteiger partial charge in [-0.25, -0.2) is 9.37 Å². The van der Waals surface area contributed by atoms with Crippen molar-refractivity contribution >= 4 is 5.69 Å². The fraction of sp³-hybridized carbons (Fsp3) is 0.357. The highest BCUT2D eigenvalue weighted by Gasteiger charge is 2.15. The molecule has 0 aliphatic heterocycles. The summed E-state index contributed by atoms with van der Waals surface area (Å²) >= 11 is 0. The summed E-state index contributed by atoms with van der Waals surface area (Å²) < 4.78 is 15.0. The number of halogens is 1. The Morgan fingerprint density at radius 3 is 2.58 bits per heavy atom. The molecule has 102 valence electrons. The van der Waals surface area contributed by atoms with E-state index >= 15 is 0 Å². The molecule has 2 rings (SSSR count). The zero-order valence-electron chi connectivity index (χ0n) is 11.2. The summed E-state index contributed by atoms with van der Waals surface area (Å²) in [4.78, 5) is 4.18. The fourth-order valence-electron chi connectivity index (χ4n) is 2.02. The first-order chi connectivity index (χ1) is 9.11. The smallest absolute Gasteiger partial charge is 0.123 e. The number of nitrogens with one attached hydrogen (secondary N) is 1. The van der Waals surface area contributed by atoms with Crippen LogP contribution >= 0.6 is 0 Å². The second-order valence-electron chi connectivity index (χ2n) is 4.76. The molecule has 1 atom stereocenters. The predicted molar refractivity (Wildman–Crippen MR) is 74.4 cm³/mol. The molecule has 0 amide bonds. The summed E-state index contributed by atoms with van der Waals surface area (Å²) in [6.07, 6.45) is 3.61. The number of anilines is 1. The highest BCUT2D eigenvalue weighted by molar-refractivity contribution is 5.45. The molecule has 1 unspecified atom stereocenters. The largest absolute Gasteiger partial charge is 0.375 e. The SMILES string of the molecule is CC(C)n1cncc1C(CN)Nc1ccc(F)cc1. The molecule has 0 bridgehead atoms. The van der Waals surface area contributed by atoms with Crippen molar-refractivity contribution in [3.8, 4) is 0 Å². The number of hydrogen-bond acceptors (Lipinski definition) is 3. The Hall–Kier alpha value is -1.88. The maximum atomic E-state index is 12.9. The predicted octanol–water partition coefficient (Wildman–Crippen LogP) is 2.72. The molecule has 19 heavy (non-hydrogen) atoms. The lowest BCUT2D eigenvalue weighted by atomic mass is 10.2. The summed E-state index contributed by atoms with van der Waals surface area (Å²) in [5.74, 6) is -0.248. The average Bonchev–Trinajstić information content (AvgIpc) is 2.87. The molecular weight excluding hydrogens is 243 g/mol. The van der Waals surface area contributed by atoms with E-state index in [1.54, 1.807) is 18.5 Å². The maximum Gasteiger partial charge on any atom is 0.123 e. The second kappa shape index (κ2) is 5.84. The molecule has 0 saturated heterocycles. The van der Waals surface area contributed by atoms with Crippen molar-refractivity contribution in [3.05, 3.63) is 48.3 Å². The van der Waals surface area contributed by atoms with E-state index in [1.165, 1.54) is 12.1 Å². The highest BCUT2D eigenvalue weighted by atomic mass is 19.1. The van der Waals surface area contributed by atoms with E-state index in [4.69, 9.17) is 5.73 Å². The molecule has 1 aromatic carbocycles. The van der Waals surface area contributed by atoms with Crippen LogP contribution in [0.2, 0.25) is 0 Å². The van der Waals surface area contributed by atoms with Gasteiger partial charge in [0, 0.05) is 18.3 Å². The molecule has 2 aromatic rings. The molecule has 1 aromatic heterocycles. The van der Waals surface area contributed by atoms with Gasteiger partial charge in [0.1, 0.15) is 5.82 Å². The summed E-state index contributed by atoms with van der Waals surface area (Å²) in [5, 5.41) is 3.30. The summed E-state index contributed by atoms with van der Waals surface area (Å²) in [6.45, 7) is 4.63. The van der Waals surface area contributed by atoms with Gasteiger partial charge in [0.15, 0.2) is 0 Å². The molecule has 0 fully saturated rings. The molecule has 4 nitrogen and oxygen atoms in total. The van der Waals surface area contributed by atoms with E-state index < -0.39 is 0 Å². The van der Waals surface area contributed by atoms with Crippen LogP contribution in [0.5, 0.6) is 0 Å². The second-order valence-corrected chi connectivity index (χ2v) is 4.76. The van der Waals surface area contributed by atoms with E-state index in [0.29, 0.717) is 12.6 Å². The van der Waals surface area contributed by atoms with E-state index in [9.17, 15) is 4.39 Å². The molecule has 0 aliphatic rings. The van der Waals surface area contributed by atoms with Crippen LogP contribution in [0.1, 0.15) is 31.6 Å². The van der Waals surface area contributed by atoms with Crippen molar-refractivity contribution in [2.24, 2.45) is 5.73 Å². The van der Waals surface area contributed by atoms with E-state index in [-0.39, 0.29) is 11.9 Å². The lowest BCUT2D eigenvalue weighted by molar-refractivity contribution is 0.553. The Kier molecular flexibility index (Phi) is 4.16. The minimum absolute atomic E-state index is 0.0460. The van der Waals surface area contributed by atoms with E-state index in [0.717, 1.165) is 11.4 Å². The van der Waals surface area contributed by atoms with Crippen molar-refractivity contribution in [1.29, 1.82) is 0 Å². The van der Waals surface area contributed by atoms with Crippen molar-refractivity contribution < 1.29 is 4.39 Å². The number of rotatable bonds is 5. The molecule has 0 radical (unpaired) electrons. The Morgan fingerprint density at radius 1 is 1.32 bits per heavy atom. The lowest BCUT2D eigenvalue weighted by Gasteiger charge is -2.21. The van der Waals surface area contributed by atoms with Gasteiger partial charge in [0.05, 0.1) is 24.3 Å².